The molecule has 5 nitrogen and oxygen atoms in total. The van der Waals surface area contributed by atoms with E-state index in [1.54, 1.807) is 12.3 Å². The first-order valence-corrected chi connectivity index (χ1v) is 9.15. The summed E-state index contributed by atoms with van der Waals surface area (Å²) in [5, 5.41) is 11.5. The van der Waals surface area contributed by atoms with E-state index in [0.29, 0.717) is 10.6 Å². The predicted molar refractivity (Wildman–Crippen MR) is 101 cm³/mol. The standard InChI is InChI=1S/C20H22N2O3S/c1-10-9-26-19(22-10)16(7-21)17(23)8-25-20(24)18-14(5)12(3)11(2)13(4)15(18)6/h9,16H,8H2,1-6H3. The van der Waals surface area contributed by atoms with Crippen molar-refractivity contribution < 1.29 is 14.3 Å². The fraction of sp³-hybridized carbons (Fsp3) is 0.400. The molecule has 0 fully saturated rings. The van der Waals surface area contributed by atoms with Crippen molar-refractivity contribution in [2.75, 3.05) is 6.61 Å². The Kier molecular flexibility index (Phi) is 5.94. The number of ketones is 1. The lowest BCUT2D eigenvalue weighted by molar-refractivity contribution is -0.122. The molecule has 1 unspecified atom stereocenters. The SMILES string of the molecule is Cc1csc(C(C#N)C(=O)COC(=O)c2c(C)c(C)c(C)c(C)c2C)n1. The first-order chi connectivity index (χ1) is 12.2. The monoisotopic (exact) mass is 370 g/mol. The molecule has 26 heavy (non-hydrogen) atoms. The van der Waals surface area contributed by atoms with Crippen LogP contribution >= 0.6 is 11.3 Å². The summed E-state index contributed by atoms with van der Waals surface area (Å²) >= 11 is 1.26. The molecular formula is C20H22N2O3S. The van der Waals surface area contributed by atoms with Crippen molar-refractivity contribution in [3.05, 3.63) is 49.5 Å². The number of nitrogens with zero attached hydrogens (tertiary/aromatic N) is 2. The molecule has 0 spiro atoms. The van der Waals surface area contributed by atoms with Crippen LogP contribution in [0.5, 0.6) is 0 Å². The fourth-order valence-electron chi connectivity index (χ4n) is 2.87. The van der Waals surface area contributed by atoms with Gasteiger partial charge in [-0.25, -0.2) is 9.78 Å². The Labute approximate surface area is 157 Å². The Morgan fingerprint density at radius 2 is 1.62 bits per heavy atom. The number of esters is 1. The smallest absolute Gasteiger partial charge is 0.339 e. The minimum absolute atomic E-state index is 0.431. The number of ether oxygens (including phenoxy) is 1. The van der Waals surface area contributed by atoms with Gasteiger partial charge in [-0.1, -0.05) is 0 Å². The molecule has 1 aromatic carbocycles. The van der Waals surface area contributed by atoms with Crippen LogP contribution in [-0.2, 0) is 9.53 Å². The normalized spacial score (nSPS) is 11.7. The van der Waals surface area contributed by atoms with Gasteiger partial charge in [-0.15, -0.1) is 11.3 Å². The number of carbonyl (C=O) groups is 2. The molecule has 1 aromatic heterocycles. The highest BCUT2D eigenvalue weighted by molar-refractivity contribution is 7.09. The number of hydrogen-bond acceptors (Lipinski definition) is 6. The maximum Gasteiger partial charge on any atom is 0.339 e. The molecule has 0 bridgehead atoms. The Morgan fingerprint density at radius 1 is 1.08 bits per heavy atom. The highest BCUT2D eigenvalue weighted by atomic mass is 32.1. The van der Waals surface area contributed by atoms with Crippen LogP contribution < -0.4 is 0 Å². The zero-order chi connectivity index (χ0) is 19.6. The molecule has 0 aliphatic rings. The van der Waals surface area contributed by atoms with Gasteiger partial charge in [0, 0.05) is 11.1 Å². The predicted octanol–water partition coefficient (Wildman–Crippen LogP) is 4.03. The lowest BCUT2D eigenvalue weighted by atomic mass is 9.90. The van der Waals surface area contributed by atoms with Gasteiger partial charge in [-0.3, -0.25) is 4.79 Å². The Balaban J connectivity index is 2.19. The maximum absolute atomic E-state index is 12.6. The number of aromatic nitrogens is 1. The number of aryl methyl sites for hydroxylation is 1. The summed E-state index contributed by atoms with van der Waals surface area (Å²) in [5.41, 5.74) is 6.20. The molecule has 2 aromatic rings. The number of carbonyl (C=O) groups excluding carboxylic acids is 2. The molecule has 2 rings (SSSR count). The van der Waals surface area contributed by atoms with E-state index >= 15 is 0 Å². The molecular weight excluding hydrogens is 348 g/mol. The summed E-state index contributed by atoms with van der Waals surface area (Å²) in [6.45, 7) is 11.1. The molecule has 6 heteroatoms. The molecule has 1 atom stereocenters. The zero-order valence-electron chi connectivity index (χ0n) is 15.9. The average Bonchev–Trinajstić information content (AvgIpc) is 3.03. The summed E-state index contributed by atoms with van der Waals surface area (Å²) in [4.78, 5) is 29.1. The Hall–Kier alpha value is -2.52. The quantitative estimate of drug-likeness (QED) is 0.743. The molecule has 136 valence electrons. The first-order valence-electron chi connectivity index (χ1n) is 8.27. The van der Waals surface area contributed by atoms with Crippen LogP contribution in [-0.4, -0.2) is 23.3 Å². The summed E-state index contributed by atoms with van der Waals surface area (Å²) in [5.74, 6) is -2.01. The molecule has 0 N–H and O–H groups in total. The van der Waals surface area contributed by atoms with Gasteiger partial charge in [0.15, 0.2) is 18.3 Å². The highest BCUT2D eigenvalue weighted by Crippen LogP contribution is 2.27. The van der Waals surface area contributed by atoms with Crippen LogP contribution in [0.15, 0.2) is 5.38 Å². The summed E-state index contributed by atoms with van der Waals surface area (Å²) in [7, 11) is 0. The van der Waals surface area contributed by atoms with Crippen LogP contribution in [0.2, 0.25) is 0 Å². The van der Waals surface area contributed by atoms with Gasteiger partial charge in [0.25, 0.3) is 0 Å². The zero-order valence-corrected chi connectivity index (χ0v) is 16.7. The number of thiazole rings is 1. The van der Waals surface area contributed by atoms with Gasteiger partial charge in [0.1, 0.15) is 5.01 Å². The molecule has 0 aliphatic heterocycles. The van der Waals surface area contributed by atoms with Crippen molar-refractivity contribution in [1.29, 1.82) is 5.26 Å². The fourth-order valence-corrected chi connectivity index (χ4v) is 3.73. The number of benzene rings is 1. The Morgan fingerprint density at radius 3 is 2.08 bits per heavy atom. The van der Waals surface area contributed by atoms with E-state index in [2.05, 4.69) is 4.98 Å². The maximum atomic E-state index is 12.6. The van der Waals surface area contributed by atoms with Crippen LogP contribution in [0.25, 0.3) is 0 Å². The van der Waals surface area contributed by atoms with Gasteiger partial charge < -0.3 is 4.74 Å². The Bertz CT molecular complexity index is 893. The second kappa shape index (κ2) is 7.79. The summed E-state index contributed by atoms with van der Waals surface area (Å²) in [6.07, 6.45) is 0. The van der Waals surface area contributed by atoms with Crippen LogP contribution in [0.4, 0.5) is 0 Å². The number of rotatable bonds is 5. The number of Topliss-reactive ketones (excluding diaryl/α,β-unsaturated/α-hetero) is 1. The van der Waals surface area contributed by atoms with E-state index in [4.69, 9.17) is 4.74 Å². The van der Waals surface area contributed by atoms with Crippen LogP contribution in [0, 0.1) is 52.9 Å². The van der Waals surface area contributed by atoms with E-state index in [9.17, 15) is 14.9 Å². The molecule has 0 saturated carbocycles. The summed E-state index contributed by atoms with van der Waals surface area (Å²) in [6, 6.07) is 1.95. The van der Waals surface area contributed by atoms with E-state index < -0.39 is 24.3 Å². The average molecular weight is 370 g/mol. The van der Waals surface area contributed by atoms with Gasteiger partial charge in [-0.2, -0.15) is 5.26 Å². The van der Waals surface area contributed by atoms with Crippen molar-refractivity contribution >= 4 is 23.1 Å². The third-order valence-corrected chi connectivity index (χ3v) is 5.91. The molecule has 0 radical (unpaired) electrons. The van der Waals surface area contributed by atoms with Crippen molar-refractivity contribution in [2.45, 2.75) is 47.5 Å². The van der Waals surface area contributed by atoms with Crippen molar-refractivity contribution in [1.82, 2.24) is 4.98 Å². The van der Waals surface area contributed by atoms with Crippen LogP contribution in [0.1, 0.15) is 54.8 Å². The third kappa shape index (κ3) is 3.68. The van der Waals surface area contributed by atoms with Crippen LogP contribution in [0.3, 0.4) is 0 Å². The van der Waals surface area contributed by atoms with Crippen molar-refractivity contribution in [3.8, 4) is 6.07 Å². The van der Waals surface area contributed by atoms with E-state index in [0.717, 1.165) is 33.5 Å². The van der Waals surface area contributed by atoms with Gasteiger partial charge >= 0.3 is 5.97 Å². The highest BCUT2D eigenvalue weighted by Gasteiger charge is 2.26. The van der Waals surface area contributed by atoms with Crippen molar-refractivity contribution in [2.24, 2.45) is 0 Å². The minimum Gasteiger partial charge on any atom is -0.454 e. The molecule has 0 aliphatic carbocycles. The van der Waals surface area contributed by atoms with E-state index in [-0.39, 0.29) is 0 Å². The minimum atomic E-state index is -1.01. The largest absolute Gasteiger partial charge is 0.454 e. The second-order valence-electron chi connectivity index (χ2n) is 6.43. The molecule has 0 saturated heterocycles. The lowest BCUT2D eigenvalue weighted by Gasteiger charge is -2.17. The number of hydrogen-bond donors (Lipinski definition) is 0. The van der Waals surface area contributed by atoms with Gasteiger partial charge in [0.05, 0.1) is 11.6 Å². The molecule has 1 heterocycles. The van der Waals surface area contributed by atoms with Crippen molar-refractivity contribution in [3.63, 3.8) is 0 Å². The van der Waals surface area contributed by atoms with E-state index in [1.165, 1.54) is 11.3 Å². The summed E-state index contributed by atoms with van der Waals surface area (Å²) < 4.78 is 5.25. The van der Waals surface area contributed by atoms with Gasteiger partial charge in [-0.05, 0) is 69.4 Å². The number of nitriles is 1. The first kappa shape index (κ1) is 19.8. The topological polar surface area (TPSA) is 80.0 Å². The second-order valence-corrected chi connectivity index (χ2v) is 7.32. The third-order valence-electron chi connectivity index (χ3n) is 4.88. The van der Waals surface area contributed by atoms with Gasteiger partial charge in [0.2, 0.25) is 0 Å². The lowest BCUT2D eigenvalue weighted by Crippen LogP contribution is -2.21. The molecule has 0 amide bonds. The van der Waals surface area contributed by atoms with E-state index in [1.807, 2.05) is 40.7 Å².